The van der Waals surface area contributed by atoms with Gasteiger partial charge in [-0.15, -0.1) is 0 Å². The summed E-state index contributed by atoms with van der Waals surface area (Å²) in [6.07, 6.45) is 11.8. The van der Waals surface area contributed by atoms with Crippen molar-refractivity contribution < 1.29 is 29.0 Å². The predicted octanol–water partition coefficient (Wildman–Crippen LogP) is 3.22. The van der Waals surface area contributed by atoms with Gasteiger partial charge in [-0.25, -0.2) is 4.98 Å². The molecule has 3 fully saturated rings. The molecule has 3 saturated carbocycles. The molecule has 4 aliphatic carbocycles. The number of H-pyrrole nitrogens is 1. The molecule has 9 nitrogen and oxygen atoms in total. The van der Waals surface area contributed by atoms with Gasteiger partial charge in [0, 0.05) is 43.1 Å². The van der Waals surface area contributed by atoms with Crippen molar-refractivity contribution in [2.24, 2.45) is 28.6 Å². The number of ketones is 2. The average molecular weight is 540 g/mol. The monoisotopic (exact) mass is 539 g/mol. The van der Waals surface area contributed by atoms with E-state index in [1.807, 2.05) is 13.0 Å². The molecule has 0 aliphatic heterocycles. The molecule has 0 radical (unpaired) electrons. The van der Waals surface area contributed by atoms with Crippen molar-refractivity contribution in [1.82, 2.24) is 15.3 Å². The van der Waals surface area contributed by atoms with E-state index in [9.17, 15) is 24.3 Å². The number of hydrogen-bond acceptors (Lipinski definition) is 7. The molecule has 5 rings (SSSR count). The standard InChI is InChI=1S/C30H41N3O6/c1-28-11-7-21(34)15-19(28)3-4-22-23(28)8-12-29(2)24(22)9-13-30(29,38)25(35)17-39-27(37)6-5-26(36)32-14-10-20-16-31-18-33-20/h15-16,18,22-24,38H,3-14,17H2,1-2H3,(H,31,33)(H,32,36)/t22-,23+,24+,28+,29+,30+/m1/s1. The molecule has 0 bridgehead atoms. The molecule has 0 saturated heterocycles. The van der Waals surface area contributed by atoms with Crippen LogP contribution in [0.15, 0.2) is 24.2 Å². The third kappa shape index (κ3) is 4.98. The van der Waals surface area contributed by atoms with E-state index < -0.39 is 29.4 Å². The second kappa shape index (κ2) is 10.6. The highest BCUT2D eigenvalue weighted by Crippen LogP contribution is 2.67. The maximum Gasteiger partial charge on any atom is 0.306 e. The summed E-state index contributed by atoms with van der Waals surface area (Å²) in [4.78, 5) is 56.6. The lowest BCUT2D eigenvalue weighted by Gasteiger charge is -2.58. The number of aromatic amines is 1. The second-order valence-corrected chi connectivity index (χ2v) is 12.6. The van der Waals surface area contributed by atoms with Gasteiger partial charge < -0.3 is 20.1 Å². The summed E-state index contributed by atoms with van der Waals surface area (Å²) in [5, 5.41) is 14.5. The highest BCUT2D eigenvalue weighted by Gasteiger charge is 2.66. The topological polar surface area (TPSA) is 138 Å². The van der Waals surface area contributed by atoms with Crippen LogP contribution in [0.4, 0.5) is 0 Å². The van der Waals surface area contributed by atoms with E-state index in [0.29, 0.717) is 37.6 Å². The maximum absolute atomic E-state index is 13.3. The normalized spacial score (nSPS) is 35.3. The predicted molar refractivity (Wildman–Crippen MR) is 142 cm³/mol. The van der Waals surface area contributed by atoms with Gasteiger partial charge >= 0.3 is 5.97 Å². The number of carbonyl (C=O) groups excluding carboxylic acids is 4. The van der Waals surface area contributed by atoms with Gasteiger partial charge in [-0.1, -0.05) is 19.4 Å². The number of Topliss-reactive ketones (excluding diaryl/α,β-unsaturated/α-hetero) is 1. The highest BCUT2D eigenvalue weighted by molar-refractivity contribution is 5.92. The number of hydrogen-bond donors (Lipinski definition) is 3. The van der Waals surface area contributed by atoms with E-state index in [2.05, 4.69) is 22.2 Å². The van der Waals surface area contributed by atoms with Gasteiger partial charge in [-0.05, 0) is 74.2 Å². The van der Waals surface area contributed by atoms with E-state index in [0.717, 1.165) is 44.2 Å². The highest BCUT2D eigenvalue weighted by atomic mass is 16.5. The van der Waals surface area contributed by atoms with E-state index in [4.69, 9.17) is 4.74 Å². The van der Waals surface area contributed by atoms with E-state index >= 15 is 0 Å². The Kier molecular flexibility index (Phi) is 7.57. The van der Waals surface area contributed by atoms with Gasteiger partial charge in [-0.3, -0.25) is 19.2 Å². The van der Waals surface area contributed by atoms with E-state index in [1.165, 1.54) is 5.57 Å². The Balaban J connectivity index is 1.13. The van der Waals surface area contributed by atoms with Gasteiger partial charge in [0.05, 0.1) is 12.7 Å². The molecule has 0 unspecified atom stereocenters. The number of nitrogens with one attached hydrogen (secondary N) is 2. The Hall–Kier alpha value is -2.81. The first-order valence-corrected chi connectivity index (χ1v) is 14.5. The minimum atomic E-state index is -1.52. The number of ether oxygens (including phenoxy) is 1. The number of nitrogens with zero attached hydrogens (tertiary/aromatic N) is 1. The molecule has 9 heteroatoms. The largest absolute Gasteiger partial charge is 0.458 e. The van der Waals surface area contributed by atoms with Gasteiger partial charge in [0.2, 0.25) is 11.7 Å². The minimum Gasteiger partial charge on any atom is -0.458 e. The molecule has 3 N–H and O–H groups in total. The Morgan fingerprint density at radius 3 is 2.67 bits per heavy atom. The molecule has 0 spiro atoms. The first-order chi connectivity index (χ1) is 18.6. The zero-order chi connectivity index (χ0) is 27.8. The summed E-state index contributed by atoms with van der Waals surface area (Å²) >= 11 is 0. The Bertz CT molecular complexity index is 1160. The van der Waals surface area contributed by atoms with Crippen molar-refractivity contribution in [2.45, 2.75) is 90.1 Å². The van der Waals surface area contributed by atoms with Crippen molar-refractivity contribution in [2.75, 3.05) is 13.2 Å². The summed E-state index contributed by atoms with van der Waals surface area (Å²) in [6.45, 7) is 4.32. The molecule has 1 amide bonds. The number of amides is 1. The van der Waals surface area contributed by atoms with Crippen LogP contribution < -0.4 is 5.32 Å². The summed E-state index contributed by atoms with van der Waals surface area (Å²) in [6, 6.07) is 0. The number of fused-ring (bicyclic) bond motifs is 5. The number of rotatable bonds is 9. The number of aromatic nitrogens is 2. The lowest BCUT2D eigenvalue weighted by Crippen LogP contribution is -2.58. The van der Waals surface area contributed by atoms with Crippen LogP contribution in [-0.2, 0) is 30.3 Å². The van der Waals surface area contributed by atoms with Gasteiger partial charge in [-0.2, -0.15) is 0 Å². The summed E-state index contributed by atoms with van der Waals surface area (Å²) in [7, 11) is 0. The summed E-state index contributed by atoms with van der Waals surface area (Å²) in [5.74, 6) is 0.0190. The first-order valence-electron chi connectivity index (χ1n) is 14.5. The fourth-order valence-electron chi connectivity index (χ4n) is 8.43. The summed E-state index contributed by atoms with van der Waals surface area (Å²) in [5.41, 5.74) is 0.156. The van der Waals surface area contributed by atoms with Crippen molar-refractivity contribution in [3.05, 3.63) is 29.9 Å². The van der Waals surface area contributed by atoms with Crippen LogP contribution in [0.3, 0.4) is 0 Å². The molecular formula is C30H41N3O6. The van der Waals surface area contributed by atoms with E-state index in [-0.39, 0.29) is 35.9 Å². The molecule has 6 atom stereocenters. The minimum absolute atomic E-state index is 0.0239. The average Bonchev–Trinajstić information content (AvgIpc) is 3.53. The molecular weight excluding hydrogens is 498 g/mol. The molecule has 1 heterocycles. The molecule has 1 aromatic rings. The Morgan fingerprint density at radius 2 is 1.90 bits per heavy atom. The van der Waals surface area contributed by atoms with Crippen molar-refractivity contribution in [3.63, 3.8) is 0 Å². The van der Waals surface area contributed by atoms with Crippen LogP contribution in [0.25, 0.3) is 0 Å². The number of esters is 1. The SMILES string of the molecule is C[C@]12CCC(=O)C=C1CC[C@@H]1[C@@H]2CC[C@@]2(C)[C@H]1CC[C@]2(O)C(=O)COC(=O)CCC(=O)NCCc1cnc[nH]1. The fraction of sp³-hybridized carbons (Fsp3) is 0.700. The van der Waals surface area contributed by atoms with Crippen LogP contribution in [0.2, 0.25) is 0 Å². The van der Waals surface area contributed by atoms with E-state index in [1.54, 1.807) is 12.5 Å². The lowest BCUT2D eigenvalue weighted by molar-refractivity contribution is -0.170. The Labute approximate surface area is 229 Å². The molecule has 1 aromatic heterocycles. The van der Waals surface area contributed by atoms with Crippen LogP contribution >= 0.6 is 0 Å². The zero-order valence-corrected chi connectivity index (χ0v) is 23.1. The maximum atomic E-state index is 13.3. The smallest absolute Gasteiger partial charge is 0.306 e. The van der Waals surface area contributed by atoms with Gasteiger partial charge in [0.1, 0.15) is 5.60 Å². The molecule has 0 aromatic carbocycles. The number of carbonyl (C=O) groups is 4. The zero-order valence-electron chi connectivity index (χ0n) is 23.1. The Morgan fingerprint density at radius 1 is 1.10 bits per heavy atom. The van der Waals surface area contributed by atoms with Crippen LogP contribution in [0, 0.1) is 28.6 Å². The van der Waals surface area contributed by atoms with Crippen molar-refractivity contribution >= 4 is 23.4 Å². The third-order valence-corrected chi connectivity index (χ3v) is 10.8. The fourth-order valence-corrected chi connectivity index (χ4v) is 8.43. The van der Waals surface area contributed by atoms with Crippen LogP contribution in [0.1, 0.15) is 83.7 Å². The number of allylic oxidation sites excluding steroid dienone is 1. The summed E-state index contributed by atoms with van der Waals surface area (Å²) < 4.78 is 5.24. The van der Waals surface area contributed by atoms with Crippen LogP contribution in [-0.4, -0.2) is 57.3 Å². The molecule has 4 aliphatic rings. The molecule has 39 heavy (non-hydrogen) atoms. The quantitative estimate of drug-likeness (QED) is 0.410. The number of imidazole rings is 1. The lowest BCUT2D eigenvalue weighted by atomic mass is 9.46. The van der Waals surface area contributed by atoms with Crippen molar-refractivity contribution in [1.29, 1.82) is 0 Å². The van der Waals surface area contributed by atoms with Crippen molar-refractivity contribution in [3.8, 4) is 0 Å². The third-order valence-electron chi connectivity index (χ3n) is 10.8. The van der Waals surface area contributed by atoms with Gasteiger partial charge in [0.15, 0.2) is 12.4 Å². The van der Waals surface area contributed by atoms with Crippen LogP contribution in [0.5, 0.6) is 0 Å². The first kappa shape index (κ1) is 27.7. The molecule has 212 valence electrons. The number of aliphatic hydroxyl groups is 1. The second-order valence-electron chi connectivity index (χ2n) is 12.6. The van der Waals surface area contributed by atoms with Gasteiger partial charge in [0.25, 0.3) is 0 Å².